The molecule has 0 fully saturated rings. The molecule has 0 amide bonds. The minimum absolute atomic E-state index is 0. The first-order valence-corrected chi connectivity index (χ1v) is 2.98. The lowest BCUT2D eigenvalue weighted by atomic mass is 10.3. The fourth-order valence-corrected chi connectivity index (χ4v) is 0.924. The van der Waals surface area contributed by atoms with Gasteiger partial charge in [-0.15, -0.1) is 17.0 Å². The molecular formula is C7H7BrN2O. The van der Waals surface area contributed by atoms with Gasteiger partial charge in [-0.3, -0.25) is 0 Å². The molecule has 0 saturated carbocycles. The highest BCUT2D eigenvalue weighted by Gasteiger charge is 1.94. The van der Waals surface area contributed by atoms with Crippen molar-refractivity contribution in [3.63, 3.8) is 0 Å². The summed E-state index contributed by atoms with van der Waals surface area (Å²) in [7, 11) is 0. The summed E-state index contributed by atoms with van der Waals surface area (Å²) >= 11 is 0. The van der Waals surface area contributed by atoms with Gasteiger partial charge in [-0.25, -0.2) is 4.98 Å². The number of nitrogens with one attached hydrogen (secondary N) is 1. The van der Waals surface area contributed by atoms with E-state index in [0.29, 0.717) is 0 Å². The number of nitrogens with zero attached hydrogens (tertiary/aromatic N) is 1. The second-order valence-electron chi connectivity index (χ2n) is 2.10. The summed E-state index contributed by atoms with van der Waals surface area (Å²) < 4.78 is 0. The van der Waals surface area contributed by atoms with E-state index in [4.69, 9.17) is 5.11 Å². The molecule has 0 bridgehead atoms. The van der Waals surface area contributed by atoms with Gasteiger partial charge in [-0.2, -0.15) is 0 Å². The summed E-state index contributed by atoms with van der Waals surface area (Å²) in [4.78, 5) is 6.88. The Kier molecular flexibility index (Phi) is 2.14. The van der Waals surface area contributed by atoms with Gasteiger partial charge in [-0.05, 0) is 12.1 Å². The van der Waals surface area contributed by atoms with E-state index >= 15 is 0 Å². The Bertz CT molecular complexity index is 358. The smallest absolute Gasteiger partial charge is 0.117 e. The Hall–Kier alpha value is -1.03. The van der Waals surface area contributed by atoms with E-state index in [1.54, 1.807) is 24.5 Å². The monoisotopic (exact) mass is 214 g/mol. The minimum Gasteiger partial charge on any atom is -0.508 e. The van der Waals surface area contributed by atoms with Gasteiger partial charge in [0.25, 0.3) is 0 Å². The quantitative estimate of drug-likeness (QED) is 0.704. The SMILES string of the molecule is Br.Oc1ccc2nc[nH]c2c1. The average molecular weight is 215 g/mol. The first-order chi connectivity index (χ1) is 4.86. The van der Waals surface area contributed by atoms with E-state index in [1.807, 2.05) is 0 Å². The highest BCUT2D eigenvalue weighted by atomic mass is 79.9. The number of aromatic nitrogens is 2. The highest BCUT2D eigenvalue weighted by molar-refractivity contribution is 8.93. The van der Waals surface area contributed by atoms with Gasteiger partial charge in [0.15, 0.2) is 0 Å². The third kappa shape index (κ3) is 1.35. The highest BCUT2D eigenvalue weighted by Crippen LogP contribution is 2.15. The number of H-pyrrole nitrogens is 1. The topological polar surface area (TPSA) is 48.9 Å². The van der Waals surface area contributed by atoms with Crippen molar-refractivity contribution in [2.45, 2.75) is 0 Å². The number of phenolic OH excluding ortho intramolecular Hbond substituents is 1. The second kappa shape index (κ2) is 2.92. The lowest BCUT2D eigenvalue weighted by molar-refractivity contribution is 0.476. The maximum Gasteiger partial charge on any atom is 0.117 e. The average Bonchev–Trinajstić information content (AvgIpc) is 2.33. The molecule has 1 aromatic heterocycles. The lowest BCUT2D eigenvalue weighted by Gasteiger charge is -1.88. The van der Waals surface area contributed by atoms with Crippen LogP contribution in [0.3, 0.4) is 0 Å². The zero-order valence-corrected chi connectivity index (χ0v) is 7.33. The number of imidazole rings is 1. The third-order valence-corrected chi connectivity index (χ3v) is 1.40. The molecule has 1 heterocycles. The molecule has 2 rings (SSSR count). The summed E-state index contributed by atoms with van der Waals surface area (Å²) in [6, 6.07) is 5.02. The predicted molar refractivity (Wildman–Crippen MR) is 48.1 cm³/mol. The summed E-state index contributed by atoms with van der Waals surface area (Å²) in [5.74, 6) is 0.261. The van der Waals surface area contributed by atoms with Crippen LogP contribution in [-0.4, -0.2) is 15.1 Å². The largest absolute Gasteiger partial charge is 0.508 e. The van der Waals surface area contributed by atoms with Crippen molar-refractivity contribution < 1.29 is 5.11 Å². The summed E-state index contributed by atoms with van der Waals surface area (Å²) in [5, 5.41) is 9.00. The van der Waals surface area contributed by atoms with Crippen LogP contribution in [0.2, 0.25) is 0 Å². The number of aromatic amines is 1. The van der Waals surface area contributed by atoms with Crippen LogP contribution in [-0.2, 0) is 0 Å². The van der Waals surface area contributed by atoms with Crippen LogP contribution in [0.4, 0.5) is 0 Å². The first kappa shape index (κ1) is 8.07. The molecule has 4 heteroatoms. The molecule has 11 heavy (non-hydrogen) atoms. The molecule has 3 nitrogen and oxygen atoms in total. The van der Waals surface area contributed by atoms with E-state index < -0.39 is 0 Å². The van der Waals surface area contributed by atoms with Gasteiger partial charge in [0.2, 0.25) is 0 Å². The zero-order valence-electron chi connectivity index (χ0n) is 5.61. The van der Waals surface area contributed by atoms with Crippen LogP contribution in [0.5, 0.6) is 5.75 Å². The maximum absolute atomic E-state index is 9.00. The van der Waals surface area contributed by atoms with Crippen molar-refractivity contribution in [2.75, 3.05) is 0 Å². The van der Waals surface area contributed by atoms with Crippen LogP contribution >= 0.6 is 17.0 Å². The van der Waals surface area contributed by atoms with E-state index in [9.17, 15) is 0 Å². The van der Waals surface area contributed by atoms with Gasteiger partial charge in [0.05, 0.1) is 17.4 Å². The maximum atomic E-state index is 9.00. The van der Waals surface area contributed by atoms with Crippen LogP contribution < -0.4 is 0 Å². The molecule has 0 aliphatic heterocycles. The zero-order chi connectivity index (χ0) is 6.97. The minimum atomic E-state index is 0. The number of halogens is 1. The molecule has 0 unspecified atom stereocenters. The Morgan fingerprint density at radius 2 is 2.18 bits per heavy atom. The van der Waals surface area contributed by atoms with E-state index in [-0.39, 0.29) is 22.7 Å². The van der Waals surface area contributed by atoms with Crippen molar-refractivity contribution in [1.29, 1.82) is 0 Å². The third-order valence-electron chi connectivity index (χ3n) is 1.40. The Morgan fingerprint density at radius 3 is 3.00 bits per heavy atom. The molecule has 0 aliphatic rings. The number of phenols is 1. The summed E-state index contributed by atoms with van der Waals surface area (Å²) in [5.41, 5.74) is 1.73. The van der Waals surface area contributed by atoms with Crippen LogP contribution in [0, 0.1) is 0 Å². The van der Waals surface area contributed by atoms with Crippen molar-refractivity contribution in [3.8, 4) is 5.75 Å². The van der Waals surface area contributed by atoms with Crippen molar-refractivity contribution in [3.05, 3.63) is 24.5 Å². The molecule has 2 N–H and O–H groups in total. The van der Waals surface area contributed by atoms with Gasteiger partial charge < -0.3 is 10.1 Å². The van der Waals surface area contributed by atoms with Gasteiger partial charge >= 0.3 is 0 Å². The number of fused-ring (bicyclic) bond motifs is 1. The molecule has 2 aromatic rings. The van der Waals surface area contributed by atoms with Gasteiger partial charge in [0.1, 0.15) is 5.75 Å². The lowest BCUT2D eigenvalue weighted by Crippen LogP contribution is -1.67. The summed E-state index contributed by atoms with van der Waals surface area (Å²) in [6.45, 7) is 0. The number of hydrogen-bond donors (Lipinski definition) is 2. The van der Waals surface area contributed by atoms with Crippen LogP contribution in [0.15, 0.2) is 24.5 Å². The molecule has 58 valence electrons. The Balaban J connectivity index is 0.000000605. The standard InChI is InChI=1S/C7H6N2O.BrH/c10-5-1-2-6-7(3-5)9-4-8-6;/h1-4,10H,(H,8,9);1H. The fourth-order valence-electron chi connectivity index (χ4n) is 0.924. The molecule has 1 aromatic carbocycles. The van der Waals surface area contributed by atoms with Crippen molar-refractivity contribution in [1.82, 2.24) is 9.97 Å². The van der Waals surface area contributed by atoms with Crippen LogP contribution in [0.1, 0.15) is 0 Å². The molecule has 0 saturated heterocycles. The number of benzene rings is 1. The molecule has 0 radical (unpaired) electrons. The van der Waals surface area contributed by atoms with Crippen molar-refractivity contribution >= 4 is 28.0 Å². The number of rotatable bonds is 0. The summed E-state index contributed by atoms with van der Waals surface area (Å²) in [6.07, 6.45) is 1.60. The Labute approximate surface area is 73.8 Å². The second-order valence-corrected chi connectivity index (χ2v) is 2.10. The molecule has 0 spiro atoms. The van der Waals surface area contributed by atoms with Crippen LogP contribution in [0.25, 0.3) is 11.0 Å². The molecular weight excluding hydrogens is 208 g/mol. The van der Waals surface area contributed by atoms with E-state index in [1.165, 1.54) is 0 Å². The fraction of sp³-hybridized carbons (Fsp3) is 0. The number of aromatic hydroxyl groups is 1. The predicted octanol–water partition coefficient (Wildman–Crippen LogP) is 1.85. The van der Waals surface area contributed by atoms with E-state index in [2.05, 4.69) is 9.97 Å². The molecule has 0 atom stereocenters. The van der Waals surface area contributed by atoms with Gasteiger partial charge in [-0.1, -0.05) is 0 Å². The van der Waals surface area contributed by atoms with E-state index in [0.717, 1.165) is 11.0 Å². The van der Waals surface area contributed by atoms with Crippen molar-refractivity contribution in [2.24, 2.45) is 0 Å². The molecule has 0 aliphatic carbocycles. The first-order valence-electron chi connectivity index (χ1n) is 2.98. The number of hydrogen-bond acceptors (Lipinski definition) is 2. The normalized spacial score (nSPS) is 9.45. The Morgan fingerprint density at radius 1 is 1.36 bits per heavy atom. The van der Waals surface area contributed by atoms with Gasteiger partial charge in [0, 0.05) is 6.07 Å².